The molecule has 1 unspecified atom stereocenters. The van der Waals surface area contributed by atoms with E-state index < -0.39 is 6.10 Å². The third-order valence-corrected chi connectivity index (χ3v) is 4.81. The Hall–Kier alpha value is -1.55. The van der Waals surface area contributed by atoms with Crippen LogP contribution in [0.3, 0.4) is 0 Å². The van der Waals surface area contributed by atoms with Crippen LogP contribution >= 0.6 is 0 Å². The summed E-state index contributed by atoms with van der Waals surface area (Å²) in [6.07, 6.45) is 4.54. The fraction of sp³-hybridized carbons (Fsp3) is 0.667. The second-order valence-corrected chi connectivity index (χ2v) is 7.42. The molecule has 25 heavy (non-hydrogen) atoms. The normalized spacial score (nSPS) is 12.7. The van der Waals surface area contributed by atoms with Crippen molar-refractivity contribution in [3.05, 3.63) is 29.8 Å². The summed E-state index contributed by atoms with van der Waals surface area (Å²) in [4.78, 5) is 12.9. The highest BCUT2D eigenvalue weighted by Gasteiger charge is 2.23. The Labute approximate surface area is 153 Å². The van der Waals surface area contributed by atoms with Crippen molar-refractivity contribution in [2.24, 2.45) is 5.41 Å². The minimum atomic E-state index is -0.594. The van der Waals surface area contributed by atoms with Crippen LogP contribution in [0.1, 0.15) is 71.5 Å². The number of benzene rings is 1. The molecule has 142 valence electrons. The van der Waals surface area contributed by atoms with Crippen molar-refractivity contribution in [2.45, 2.75) is 65.9 Å². The van der Waals surface area contributed by atoms with Gasteiger partial charge in [-0.15, -0.1) is 0 Å². The van der Waals surface area contributed by atoms with E-state index in [9.17, 15) is 9.90 Å². The Morgan fingerprint density at radius 1 is 1.28 bits per heavy atom. The Morgan fingerprint density at radius 2 is 1.92 bits per heavy atom. The van der Waals surface area contributed by atoms with Gasteiger partial charge in [0.15, 0.2) is 0 Å². The van der Waals surface area contributed by atoms with Gasteiger partial charge in [0.2, 0.25) is 5.91 Å². The SMILES string of the molecule is CCCC(C)(CCC)COc1cccc(C(O)CCN(C)C(C)=O)c1. The summed E-state index contributed by atoms with van der Waals surface area (Å²) in [6, 6.07) is 7.68. The van der Waals surface area contributed by atoms with Crippen LogP contribution < -0.4 is 4.74 Å². The second kappa shape index (κ2) is 10.4. The average molecular weight is 350 g/mol. The summed E-state index contributed by atoms with van der Waals surface area (Å²) in [5, 5.41) is 10.4. The number of carbonyl (C=O) groups excluding carboxylic acids is 1. The zero-order valence-electron chi connectivity index (χ0n) is 16.5. The van der Waals surface area contributed by atoms with Crippen LogP contribution in [0.25, 0.3) is 0 Å². The number of carbonyl (C=O) groups is 1. The van der Waals surface area contributed by atoms with Crippen LogP contribution in [0.4, 0.5) is 0 Å². The maximum absolute atomic E-state index is 11.3. The number of nitrogens with zero attached hydrogens (tertiary/aromatic N) is 1. The lowest BCUT2D eigenvalue weighted by atomic mass is 9.82. The first-order valence-electron chi connectivity index (χ1n) is 9.44. The summed E-state index contributed by atoms with van der Waals surface area (Å²) < 4.78 is 6.06. The molecule has 0 aliphatic rings. The molecule has 0 spiro atoms. The topological polar surface area (TPSA) is 49.8 Å². The second-order valence-electron chi connectivity index (χ2n) is 7.42. The number of ether oxygens (including phenoxy) is 1. The Bertz CT molecular complexity index is 524. The van der Waals surface area contributed by atoms with Gasteiger partial charge in [0.05, 0.1) is 12.7 Å². The van der Waals surface area contributed by atoms with Crippen molar-refractivity contribution < 1.29 is 14.6 Å². The average Bonchev–Trinajstić information content (AvgIpc) is 2.58. The molecule has 0 heterocycles. The number of rotatable bonds is 11. The van der Waals surface area contributed by atoms with E-state index in [1.54, 1.807) is 11.9 Å². The molecule has 0 saturated heterocycles. The molecule has 4 heteroatoms. The van der Waals surface area contributed by atoms with Crippen LogP contribution in [-0.4, -0.2) is 36.1 Å². The lowest BCUT2D eigenvalue weighted by Gasteiger charge is -2.29. The van der Waals surface area contributed by atoms with E-state index >= 15 is 0 Å². The fourth-order valence-electron chi connectivity index (χ4n) is 3.19. The summed E-state index contributed by atoms with van der Waals surface area (Å²) in [5.74, 6) is 0.810. The molecule has 1 rings (SSSR count). The molecule has 4 nitrogen and oxygen atoms in total. The van der Waals surface area contributed by atoms with E-state index in [4.69, 9.17) is 4.74 Å². The lowest BCUT2D eigenvalue weighted by Crippen LogP contribution is -2.26. The molecule has 0 aliphatic heterocycles. The van der Waals surface area contributed by atoms with E-state index in [0.717, 1.165) is 37.0 Å². The van der Waals surface area contributed by atoms with E-state index in [2.05, 4.69) is 20.8 Å². The smallest absolute Gasteiger partial charge is 0.219 e. The van der Waals surface area contributed by atoms with Gasteiger partial charge in [0.25, 0.3) is 0 Å². The van der Waals surface area contributed by atoms with Gasteiger partial charge in [0, 0.05) is 25.9 Å². The van der Waals surface area contributed by atoms with Crippen LogP contribution in [0.2, 0.25) is 0 Å². The fourth-order valence-corrected chi connectivity index (χ4v) is 3.19. The van der Waals surface area contributed by atoms with Crippen molar-refractivity contribution in [3.8, 4) is 5.75 Å². The Balaban J connectivity index is 2.66. The molecule has 0 aromatic heterocycles. The number of hydrogen-bond acceptors (Lipinski definition) is 3. The van der Waals surface area contributed by atoms with Gasteiger partial charge in [-0.2, -0.15) is 0 Å². The van der Waals surface area contributed by atoms with E-state index in [0.29, 0.717) is 19.6 Å². The maximum atomic E-state index is 11.3. The Morgan fingerprint density at radius 3 is 2.48 bits per heavy atom. The number of aliphatic hydroxyl groups excluding tert-OH is 1. The van der Waals surface area contributed by atoms with Crippen molar-refractivity contribution in [3.63, 3.8) is 0 Å². The van der Waals surface area contributed by atoms with Gasteiger partial charge in [0.1, 0.15) is 5.75 Å². The first-order valence-corrected chi connectivity index (χ1v) is 9.44. The van der Waals surface area contributed by atoms with Crippen LogP contribution in [0, 0.1) is 5.41 Å². The molecule has 1 aromatic carbocycles. The standard InChI is InChI=1S/C21H35NO3/c1-6-12-21(4,13-7-2)16-25-19-10-8-9-18(15-19)20(24)11-14-22(5)17(3)23/h8-10,15,20,24H,6-7,11-14,16H2,1-5H3. The highest BCUT2D eigenvalue weighted by molar-refractivity contribution is 5.72. The molecule has 1 amide bonds. The van der Waals surface area contributed by atoms with Gasteiger partial charge in [-0.3, -0.25) is 4.79 Å². The van der Waals surface area contributed by atoms with Gasteiger partial charge in [-0.05, 0) is 37.0 Å². The minimum Gasteiger partial charge on any atom is -0.493 e. The number of hydrogen-bond donors (Lipinski definition) is 1. The number of amides is 1. The maximum Gasteiger partial charge on any atom is 0.219 e. The largest absolute Gasteiger partial charge is 0.493 e. The van der Waals surface area contributed by atoms with Crippen LogP contribution in [0.5, 0.6) is 5.75 Å². The lowest BCUT2D eigenvalue weighted by molar-refractivity contribution is -0.127. The van der Waals surface area contributed by atoms with Crippen molar-refractivity contribution >= 4 is 5.91 Å². The predicted octanol–water partition coefficient (Wildman–Crippen LogP) is 4.57. The quantitative estimate of drug-likeness (QED) is 0.636. The van der Waals surface area contributed by atoms with Gasteiger partial charge < -0.3 is 14.7 Å². The molecule has 1 aromatic rings. The third kappa shape index (κ3) is 7.47. The van der Waals surface area contributed by atoms with Crippen molar-refractivity contribution in [1.82, 2.24) is 4.90 Å². The van der Waals surface area contributed by atoms with Gasteiger partial charge in [-0.25, -0.2) is 0 Å². The highest BCUT2D eigenvalue weighted by Crippen LogP contribution is 2.31. The van der Waals surface area contributed by atoms with Crippen molar-refractivity contribution in [1.29, 1.82) is 0 Å². The first kappa shape index (κ1) is 21.5. The number of aliphatic hydroxyl groups is 1. The first-order chi connectivity index (χ1) is 11.8. The zero-order valence-corrected chi connectivity index (χ0v) is 16.5. The molecule has 0 aliphatic carbocycles. The highest BCUT2D eigenvalue weighted by atomic mass is 16.5. The molecule has 0 saturated carbocycles. The zero-order chi connectivity index (χ0) is 18.9. The molecule has 0 fully saturated rings. The molecule has 0 bridgehead atoms. The summed E-state index contributed by atoms with van der Waals surface area (Å²) >= 11 is 0. The molecule has 0 radical (unpaired) electrons. The monoisotopic (exact) mass is 349 g/mol. The van der Waals surface area contributed by atoms with E-state index in [1.807, 2.05) is 24.3 Å². The Kier molecular flexibility index (Phi) is 8.98. The van der Waals surface area contributed by atoms with Crippen molar-refractivity contribution in [2.75, 3.05) is 20.2 Å². The van der Waals surface area contributed by atoms with E-state index in [1.165, 1.54) is 6.92 Å². The summed E-state index contributed by atoms with van der Waals surface area (Å²) in [5.41, 5.74) is 1.03. The minimum absolute atomic E-state index is 0.00965. The molecular weight excluding hydrogens is 314 g/mol. The summed E-state index contributed by atoms with van der Waals surface area (Å²) in [6.45, 7) is 9.47. The predicted molar refractivity (Wildman–Crippen MR) is 103 cm³/mol. The van der Waals surface area contributed by atoms with E-state index in [-0.39, 0.29) is 11.3 Å². The molecule has 1 atom stereocenters. The van der Waals surface area contributed by atoms with Crippen LogP contribution in [0.15, 0.2) is 24.3 Å². The summed E-state index contributed by atoms with van der Waals surface area (Å²) in [7, 11) is 1.75. The third-order valence-electron chi connectivity index (χ3n) is 4.81. The molecular formula is C21H35NO3. The molecule has 1 N–H and O–H groups in total. The van der Waals surface area contributed by atoms with Crippen LogP contribution in [-0.2, 0) is 4.79 Å². The van der Waals surface area contributed by atoms with Gasteiger partial charge >= 0.3 is 0 Å². The van der Waals surface area contributed by atoms with Gasteiger partial charge in [-0.1, -0.05) is 45.7 Å².